The Balaban J connectivity index is 1.97. The van der Waals surface area contributed by atoms with Gasteiger partial charge in [-0.2, -0.15) is 5.10 Å². The van der Waals surface area contributed by atoms with E-state index in [4.69, 9.17) is 4.74 Å². The first kappa shape index (κ1) is 13.0. The fraction of sp³-hybridized carbons (Fsp3) is 0.667. The number of rotatable bonds is 5. The number of anilines is 1. The fourth-order valence-electron chi connectivity index (χ4n) is 2.28. The van der Waals surface area contributed by atoms with Crippen molar-refractivity contribution in [2.45, 2.75) is 25.4 Å². The van der Waals surface area contributed by atoms with E-state index in [9.17, 15) is 4.79 Å². The summed E-state index contributed by atoms with van der Waals surface area (Å²) in [5, 5.41) is 7.39. The highest BCUT2D eigenvalue weighted by Crippen LogP contribution is 2.20. The minimum atomic E-state index is -0.115. The molecule has 1 aromatic rings. The van der Waals surface area contributed by atoms with Crippen LogP contribution in [0, 0.1) is 0 Å². The lowest BCUT2D eigenvalue weighted by Crippen LogP contribution is -2.44. The molecule has 6 nitrogen and oxygen atoms in total. The van der Waals surface area contributed by atoms with Gasteiger partial charge in [-0.15, -0.1) is 0 Å². The predicted molar refractivity (Wildman–Crippen MR) is 68.4 cm³/mol. The smallest absolute Gasteiger partial charge is 0.244 e. The van der Waals surface area contributed by atoms with Gasteiger partial charge in [-0.3, -0.25) is 9.48 Å². The number of methoxy groups -OCH3 is 1. The summed E-state index contributed by atoms with van der Waals surface area (Å²) in [7, 11) is 3.51. The van der Waals surface area contributed by atoms with E-state index in [0.29, 0.717) is 6.61 Å². The lowest BCUT2D eigenvalue weighted by Gasteiger charge is -2.18. The Morgan fingerprint density at radius 2 is 2.44 bits per heavy atom. The van der Waals surface area contributed by atoms with Gasteiger partial charge in [0, 0.05) is 32.9 Å². The number of ether oxygens (including phenoxy) is 1. The van der Waals surface area contributed by atoms with Gasteiger partial charge in [0.1, 0.15) is 0 Å². The number of carbonyl (C=O) groups excluding carboxylic acids is 1. The monoisotopic (exact) mass is 252 g/mol. The summed E-state index contributed by atoms with van der Waals surface area (Å²) in [5.41, 5.74) is 0.867. The summed E-state index contributed by atoms with van der Waals surface area (Å²) >= 11 is 0. The molecule has 2 atom stereocenters. The van der Waals surface area contributed by atoms with Crippen molar-refractivity contribution in [1.29, 1.82) is 0 Å². The van der Waals surface area contributed by atoms with Gasteiger partial charge < -0.3 is 15.0 Å². The molecule has 1 fully saturated rings. The van der Waals surface area contributed by atoms with Crippen molar-refractivity contribution >= 4 is 11.6 Å². The molecule has 0 aliphatic carbocycles. The molecule has 2 heterocycles. The highest BCUT2D eigenvalue weighted by Gasteiger charge is 2.33. The third-order valence-corrected chi connectivity index (χ3v) is 3.11. The van der Waals surface area contributed by atoms with Crippen LogP contribution < -0.4 is 10.2 Å². The normalized spacial score (nSPS) is 21.6. The second-order valence-electron chi connectivity index (χ2n) is 4.73. The number of carbonyl (C=O) groups is 1. The fourth-order valence-corrected chi connectivity index (χ4v) is 2.28. The topological polar surface area (TPSA) is 59.4 Å². The Morgan fingerprint density at radius 1 is 1.67 bits per heavy atom. The Bertz CT molecular complexity index is 418. The standard InChI is InChI=1S/C12H20N4O2/c1-9(8-18-3)14-11-4-5-16(12(11)17)10-6-13-15(2)7-10/h6-7,9,11,14H,4-5,8H2,1-3H3. The summed E-state index contributed by atoms with van der Waals surface area (Å²) in [5.74, 6) is 0.117. The molecule has 1 aliphatic rings. The number of hydrogen-bond acceptors (Lipinski definition) is 4. The van der Waals surface area contributed by atoms with Gasteiger partial charge in [-0.05, 0) is 13.3 Å². The van der Waals surface area contributed by atoms with Crippen LogP contribution in [-0.2, 0) is 16.6 Å². The Morgan fingerprint density at radius 3 is 3.06 bits per heavy atom. The molecule has 6 heteroatoms. The summed E-state index contributed by atoms with van der Waals surface area (Å²) in [6.07, 6.45) is 4.40. The molecule has 2 unspecified atom stereocenters. The largest absolute Gasteiger partial charge is 0.383 e. The zero-order valence-electron chi connectivity index (χ0n) is 11.1. The molecule has 1 aromatic heterocycles. The SMILES string of the molecule is COCC(C)NC1CCN(c2cnn(C)c2)C1=O. The Hall–Kier alpha value is -1.40. The van der Waals surface area contributed by atoms with Crippen LogP contribution in [0.25, 0.3) is 0 Å². The molecule has 0 spiro atoms. The lowest BCUT2D eigenvalue weighted by molar-refractivity contribution is -0.119. The zero-order valence-corrected chi connectivity index (χ0v) is 11.1. The number of amides is 1. The number of hydrogen-bond donors (Lipinski definition) is 1. The maximum atomic E-state index is 12.2. The molecule has 0 bridgehead atoms. The highest BCUT2D eigenvalue weighted by atomic mass is 16.5. The van der Waals surface area contributed by atoms with Crippen molar-refractivity contribution in [1.82, 2.24) is 15.1 Å². The van der Waals surface area contributed by atoms with Crippen LogP contribution in [0.2, 0.25) is 0 Å². The molecule has 0 aromatic carbocycles. The van der Waals surface area contributed by atoms with Crippen LogP contribution in [0.15, 0.2) is 12.4 Å². The van der Waals surface area contributed by atoms with Crippen LogP contribution >= 0.6 is 0 Å². The first-order valence-corrected chi connectivity index (χ1v) is 6.17. The number of aryl methyl sites for hydroxylation is 1. The van der Waals surface area contributed by atoms with E-state index in [0.717, 1.165) is 18.7 Å². The molecule has 1 amide bonds. The maximum absolute atomic E-state index is 12.2. The Kier molecular flexibility index (Phi) is 3.98. The van der Waals surface area contributed by atoms with Crippen molar-refractivity contribution in [3.05, 3.63) is 12.4 Å². The third-order valence-electron chi connectivity index (χ3n) is 3.11. The van der Waals surface area contributed by atoms with E-state index in [2.05, 4.69) is 10.4 Å². The molecule has 18 heavy (non-hydrogen) atoms. The van der Waals surface area contributed by atoms with E-state index in [1.165, 1.54) is 0 Å². The van der Waals surface area contributed by atoms with Crippen molar-refractivity contribution in [2.75, 3.05) is 25.2 Å². The Labute approximate surface area is 107 Å². The van der Waals surface area contributed by atoms with Crippen molar-refractivity contribution in [3.63, 3.8) is 0 Å². The lowest BCUT2D eigenvalue weighted by atomic mass is 10.2. The average Bonchev–Trinajstić information content (AvgIpc) is 2.87. The van der Waals surface area contributed by atoms with Crippen LogP contribution in [0.1, 0.15) is 13.3 Å². The van der Waals surface area contributed by atoms with Crippen molar-refractivity contribution in [3.8, 4) is 0 Å². The zero-order chi connectivity index (χ0) is 13.1. The number of nitrogens with zero attached hydrogens (tertiary/aromatic N) is 3. The van der Waals surface area contributed by atoms with Gasteiger partial charge in [0.2, 0.25) is 5.91 Å². The molecular formula is C12H20N4O2. The second kappa shape index (κ2) is 5.49. The van der Waals surface area contributed by atoms with Gasteiger partial charge in [-0.25, -0.2) is 0 Å². The van der Waals surface area contributed by atoms with Gasteiger partial charge in [0.05, 0.1) is 24.5 Å². The summed E-state index contributed by atoms with van der Waals surface area (Å²) < 4.78 is 6.77. The molecule has 2 rings (SSSR count). The molecular weight excluding hydrogens is 232 g/mol. The minimum Gasteiger partial charge on any atom is -0.383 e. The molecule has 1 N–H and O–H groups in total. The summed E-state index contributed by atoms with van der Waals surface area (Å²) in [6, 6.07) is 0.0631. The van der Waals surface area contributed by atoms with Crippen LogP contribution in [0.3, 0.4) is 0 Å². The van der Waals surface area contributed by atoms with E-state index in [1.54, 1.807) is 22.9 Å². The summed E-state index contributed by atoms with van der Waals surface area (Å²) in [4.78, 5) is 14.0. The second-order valence-corrected chi connectivity index (χ2v) is 4.73. The van der Waals surface area contributed by atoms with Crippen LogP contribution in [0.4, 0.5) is 5.69 Å². The minimum absolute atomic E-state index is 0.115. The molecule has 1 aliphatic heterocycles. The first-order valence-electron chi connectivity index (χ1n) is 6.17. The van der Waals surface area contributed by atoms with E-state index in [1.807, 2.05) is 20.2 Å². The quantitative estimate of drug-likeness (QED) is 0.810. The van der Waals surface area contributed by atoms with Gasteiger partial charge in [0.15, 0.2) is 0 Å². The van der Waals surface area contributed by atoms with Gasteiger partial charge in [0.25, 0.3) is 0 Å². The van der Waals surface area contributed by atoms with E-state index >= 15 is 0 Å². The predicted octanol–water partition coefficient (Wildman–Crippen LogP) is 0.150. The van der Waals surface area contributed by atoms with Gasteiger partial charge >= 0.3 is 0 Å². The van der Waals surface area contributed by atoms with Crippen LogP contribution in [0.5, 0.6) is 0 Å². The average molecular weight is 252 g/mol. The third kappa shape index (κ3) is 2.70. The molecule has 0 saturated carbocycles. The number of aromatic nitrogens is 2. The number of nitrogens with one attached hydrogen (secondary N) is 1. The van der Waals surface area contributed by atoms with E-state index in [-0.39, 0.29) is 18.0 Å². The van der Waals surface area contributed by atoms with Crippen molar-refractivity contribution < 1.29 is 9.53 Å². The molecule has 0 radical (unpaired) electrons. The van der Waals surface area contributed by atoms with Crippen molar-refractivity contribution in [2.24, 2.45) is 7.05 Å². The molecule has 1 saturated heterocycles. The van der Waals surface area contributed by atoms with Gasteiger partial charge in [-0.1, -0.05) is 0 Å². The maximum Gasteiger partial charge on any atom is 0.244 e. The van der Waals surface area contributed by atoms with Crippen LogP contribution in [-0.4, -0.2) is 48.0 Å². The molecule has 100 valence electrons. The first-order chi connectivity index (χ1) is 8.61. The van der Waals surface area contributed by atoms with E-state index < -0.39 is 0 Å². The highest BCUT2D eigenvalue weighted by molar-refractivity contribution is 5.99. The summed E-state index contributed by atoms with van der Waals surface area (Å²) in [6.45, 7) is 3.36.